The fourth-order valence-electron chi connectivity index (χ4n) is 2.84. The number of benzene rings is 2. The number of halogens is 1. The summed E-state index contributed by atoms with van der Waals surface area (Å²) in [4.78, 5) is 19.8. The minimum Gasteiger partial charge on any atom is -0.454 e. The van der Waals surface area contributed by atoms with Gasteiger partial charge in [-0.05, 0) is 36.4 Å². The number of H-pyrrole nitrogens is 1. The smallest absolute Gasteiger partial charge is 0.263 e. The molecule has 1 N–H and O–H groups in total. The number of pyridine rings is 1. The molecule has 0 aliphatic carbocycles. The second-order valence-electron chi connectivity index (χ2n) is 5.71. The Balaban J connectivity index is 1.59. The van der Waals surface area contributed by atoms with Crippen molar-refractivity contribution in [2.45, 2.75) is 0 Å². The van der Waals surface area contributed by atoms with Crippen molar-refractivity contribution in [3.05, 3.63) is 58.6 Å². The highest BCUT2D eigenvalue weighted by Crippen LogP contribution is 2.35. The summed E-state index contributed by atoms with van der Waals surface area (Å²) >= 11 is 0. The highest BCUT2D eigenvalue weighted by molar-refractivity contribution is 5.82. The van der Waals surface area contributed by atoms with Crippen molar-refractivity contribution in [3.63, 3.8) is 0 Å². The Hall–Kier alpha value is -3.68. The van der Waals surface area contributed by atoms with E-state index in [-0.39, 0.29) is 29.1 Å². The molecule has 26 heavy (non-hydrogen) atoms. The van der Waals surface area contributed by atoms with Crippen LogP contribution in [0.1, 0.15) is 0 Å². The molecular weight excluding hydrogens is 341 g/mol. The highest BCUT2D eigenvalue weighted by atomic mass is 19.1. The third-order valence-corrected chi connectivity index (χ3v) is 4.13. The van der Waals surface area contributed by atoms with Gasteiger partial charge in [0.15, 0.2) is 11.5 Å². The summed E-state index contributed by atoms with van der Waals surface area (Å²) < 4.78 is 29.3. The normalized spacial score (nSPS) is 12.7. The molecule has 0 unspecified atom stereocenters. The monoisotopic (exact) mass is 351 g/mol. The molecule has 4 aromatic rings. The minimum absolute atomic E-state index is 0.0464. The molecule has 0 fully saturated rings. The number of ether oxygens (including phenoxy) is 2. The Morgan fingerprint density at radius 1 is 1.08 bits per heavy atom. The predicted molar refractivity (Wildman–Crippen MR) is 89.4 cm³/mol. The van der Waals surface area contributed by atoms with Gasteiger partial charge in [0.25, 0.3) is 5.89 Å². The Morgan fingerprint density at radius 3 is 2.88 bits per heavy atom. The van der Waals surface area contributed by atoms with E-state index in [1.54, 1.807) is 18.2 Å². The molecule has 2 aromatic carbocycles. The van der Waals surface area contributed by atoms with Gasteiger partial charge < -0.3 is 19.0 Å². The summed E-state index contributed by atoms with van der Waals surface area (Å²) in [5.74, 6) is 1.09. The van der Waals surface area contributed by atoms with Crippen LogP contribution < -0.4 is 14.9 Å². The summed E-state index contributed by atoms with van der Waals surface area (Å²) in [7, 11) is 0. The van der Waals surface area contributed by atoms with Gasteiger partial charge >= 0.3 is 0 Å². The Kier molecular flexibility index (Phi) is 3.05. The van der Waals surface area contributed by atoms with Crippen molar-refractivity contribution in [1.82, 2.24) is 15.1 Å². The van der Waals surface area contributed by atoms with Crippen LogP contribution in [0.15, 0.2) is 51.9 Å². The van der Waals surface area contributed by atoms with E-state index >= 15 is 0 Å². The average molecular weight is 351 g/mol. The Labute approximate surface area is 145 Å². The molecule has 1 aliphatic heterocycles. The van der Waals surface area contributed by atoms with Crippen LogP contribution in [0.4, 0.5) is 4.39 Å². The van der Waals surface area contributed by atoms with Crippen LogP contribution in [0.2, 0.25) is 0 Å². The third kappa shape index (κ3) is 2.23. The number of nitrogens with one attached hydrogen (secondary N) is 1. The summed E-state index contributed by atoms with van der Waals surface area (Å²) in [5.41, 5.74) is 0.963. The van der Waals surface area contributed by atoms with Crippen LogP contribution in [-0.2, 0) is 0 Å². The second kappa shape index (κ2) is 5.41. The van der Waals surface area contributed by atoms with Gasteiger partial charge in [-0.25, -0.2) is 4.39 Å². The van der Waals surface area contributed by atoms with Gasteiger partial charge in [0.2, 0.25) is 18.0 Å². The van der Waals surface area contributed by atoms with Crippen molar-refractivity contribution in [2.75, 3.05) is 6.79 Å². The molecule has 5 rings (SSSR count). The Morgan fingerprint density at radius 2 is 1.96 bits per heavy atom. The van der Waals surface area contributed by atoms with Crippen LogP contribution in [0, 0.1) is 5.82 Å². The van der Waals surface area contributed by atoms with Gasteiger partial charge in [0.1, 0.15) is 11.4 Å². The van der Waals surface area contributed by atoms with Gasteiger partial charge in [-0.15, -0.1) is 0 Å². The van der Waals surface area contributed by atoms with E-state index in [9.17, 15) is 9.18 Å². The van der Waals surface area contributed by atoms with E-state index in [1.807, 2.05) is 0 Å². The molecule has 8 heteroatoms. The van der Waals surface area contributed by atoms with Gasteiger partial charge in [-0.1, -0.05) is 5.16 Å². The molecule has 7 nitrogen and oxygen atoms in total. The number of rotatable bonds is 2. The van der Waals surface area contributed by atoms with Gasteiger partial charge in [0.05, 0.1) is 0 Å². The van der Waals surface area contributed by atoms with Crippen molar-refractivity contribution in [1.29, 1.82) is 0 Å². The lowest BCUT2D eigenvalue weighted by molar-refractivity contribution is 0.174. The van der Waals surface area contributed by atoms with Crippen LogP contribution >= 0.6 is 0 Å². The first kappa shape index (κ1) is 14.6. The maximum atomic E-state index is 13.5. The molecule has 2 aromatic heterocycles. The summed E-state index contributed by atoms with van der Waals surface area (Å²) in [6.07, 6.45) is 1.47. The van der Waals surface area contributed by atoms with Crippen molar-refractivity contribution < 1.29 is 18.4 Å². The van der Waals surface area contributed by atoms with Crippen molar-refractivity contribution in [3.8, 4) is 34.3 Å². The SMILES string of the molecule is O=c1c(-c2nc(-c3ccc4c(c3)OCO4)no2)c[nH]c2ccc(F)cc12. The number of fused-ring (bicyclic) bond motifs is 2. The summed E-state index contributed by atoms with van der Waals surface area (Å²) in [6.45, 7) is 0.166. The fourth-order valence-corrected chi connectivity index (χ4v) is 2.84. The standard InChI is InChI=1S/C18H10FN3O4/c19-10-2-3-13-11(6-10)16(23)12(7-20-13)18-21-17(22-26-18)9-1-4-14-15(5-9)25-8-24-14/h1-7H,8H2,(H,20,23). The van der Waals surface area contributed by atoms with Crippen LogP contribution in [0.25, 0.3) is 33.7 Å². The third-order valence-electron chi connectivity index (χ3n) is 4.13. The van der Waals surface area contributed by atoms with E-state index in [4.69, 9.17) is 14.0 Å². The molecule has 0 amide bonds. The first-order valence-corrected chi connectivity index (χ1v) is 7.74. The largest absolute Gasteiger partial charge is 0.454 e. The quantitative estimate of drug-likeness (QED) is 0.597. The number of nitrogens with zero attached hydrogens (tertiary/aromatic N) is 2. The molecule has 128 valence electrons. The number of aromatic amines is 1. The molecular formula is C18H10FN3O4. The zero-order valence-corrected chi connectivity index (χ0v) is 13.2. The molecule has 0 atom stereocenters. The van der Waals surface area contributed by atoms with Crippen LogP contribution in [0.3, 0.4) is 0 Å². The van der Waals surface area contributed by atoms with Crippen LogP contribution in [0.5, 0.6) is 11.5 Å². The highest BCUT2D eigenvalue weighted by Gasteiger charge is 2.19. The molecule has 0 bridgehead atoms. The maximum absolute atomic E-state index is 13.5. The lowest BCUT2D eigenvalue weighted by Gasteiger charge is -2.00. The molecule has 0 saturated carbocycles. The molecule has 0 saturated heterocycles. The van der Waals surface area contributed by atoms with Crippen LogP contribution in [-0.4, -0.2) is 21.9 Å². The maximum Gasteiger partial charge on any atom is 0.263 e. The molecule has 0 spiro atoms. The van der Waals surface area contributed by atoms with Gasteiger partial charge in [-0.2, -0.15) is 4.98 Å². The van der Waals surface area contributed by atoms with Gasteiger partial charge in [0, 0.05) is 22.7 Å². The predicted octanol–water partition coefficient (Wildman–Crippen LogP) is 3.11. The molecule has 3 heterocycles. The lowest BCUT2D eigenvalue weighted by atomic mass is 10.1. The lowest BCUT2D eigenvalue weighted by Crippen LogP contribution is -2.06. The van der Waals surface area contributed by atoms with E-state index in [0.717, 1.165) is 0 Å². The second-order valence-corrected chi connectivity index (χ2v) is 5.71. The van der Waals surface area contributed by atoms with Crippen molar-refractivity contribution in [2.24, 2.45) is 0 Å². The van der Waals surface area contributed by atoms with Gasteiger partial charge in [-0.3, -0.25) is 4.79 Å². The van der Waals surface area contributed by atoms with E-state index in [2.05, 4.69) is 15.1 Å². The zero-order valence-electron chi connectivity index (χ0n) is 13.2. The van der Waals surface area contributed by atoms with Crippen molar-refractivity contribution >= 4 is 10.9 Å². The molecule has 0 radical (unpaired) electrons. The minimum atomic E-state index is -0.494. The molecule has 1 aliphatic rings. The fraction of sp³-hybridized carbons (Fsp3) is 0.0556. The van der Waals surface area contributed by atoms with E-state index < -0.39 is 5.82 Å². The first-order valence-electron chi connectivity index (χ1n) is 7.74. The summed E-state index contributed by atoms with van der Waals surface area (Å²) in [6, 6.07) is 9.20. The average Bonchev–Trinajstić information content (AvgIpc) is 3.31. The first-order chi connectivity index (χ1) is 12.7. The summed E-state index contributed by atoms with van der Waals surface area (Å²) in [5, 5.41) is 4.13. The topological polar surface area (TPSA) is 90.2 Å². The number of aromatic nitrogens is 3. The number of hydrogen-bond donors (Lipinski definition) is 1. The number of hydrogen-bond acceptors (Lipinski definition) is 6. The van der Waals surface area contributed by atoms with E-state index in [1.165, 1.54) is 24.4 Å². The zero-order chi connectivity index (χ0) is 17.7. The van der Waals surface area contributed by atoms with E-state index in [0.29, 0.717) is 28.4 Å². The Bertz CT molecular complexity index is 1210.